The van der Waals surface area contributed by atoms with Crippen LogP contribution in [0, 0.1) is 5.92 Å². The van der Waals surface area contributed by atoms with Crippen molar-refractivity contribution in [3.63, 3.8) is 0 Å². The number of ether oxygens (including phenoxy) is 1. The number of methoxy groups -OCH3 is 1. The number of rotatable bonds is 3. The number of carbonyl (C=O) groups is 1. The molecule has 92 valence electrons. The first-order chi connectivity index (χ1) is 8.20. The number of nitrogens with zero attached hydrogens (tertiary/aromatic N) is 3. The van der Waals surface area contributed by atoms with E-state index in [1.165, 1.54) is 12.4 Å². The van der Waals surface area contributed by atoms with Gasteiger partial charge in [-0.1, -0.05) is 11.6 Å². The van der Waals surface area contributed by atoms with Gasteiger partial charge < -0.3 is 9.64 Å². The fourth-order valence-electron chi connectivity index (χ4n) is 1.97. The summed E-state index contributed by atoms with van der Waals surface area (Å²) < 4.78 is 5.09. The van der Waals surface area contributed by atoms with Gasteiger partial charge in [0, 0.05) is 26.1 Å². The van der Waals surface area contributed by atoms with Gasteiger partial charge in [-0.3, -0.25) is 4.79 Å². The standard InChI is InChI=1S/C11H14ClN3O2/c1-17-7-8-2-3-15(6-8)11(16)9-4-14-10(12)5-13-9/h4-5,8H,2-3,6-7H2,1H3. The molecule has 2 heterocycles. The van der Waals surface area contributed by atoms with Crippen LogP contribution in [0.4, 0.5) is 0 Å². The molecule has 1 amide bonds. The quantitative estimate of drug-likeness (QED) is 0.815. The zero-order chi connectivity index (χ0) is 12.3. The Bertz CT molecular complexity index is 396. The molecule has 2 rings (SSSR count). The normalized spacial score (nSPS) is 19.6. The van der Waals surface area contributed by atoms with Gasteiger partial charge in [-0.15, -0.1) is 0 Å². The SMILES string of the molecule is COCC1CCN(C(=O)c2cnc(Cl)cn2)C1. The number of carbonyl (C=O) groups excluding carboxylic acids is 1. The highest BCUT2D eigenvalue weighted by Gasteiger charge is 2.27. The van der Waals surface area contributed by atoms with Gasteiger partial charge in [0.15, 0.2) is 0 Å². The molecule has 5 nitrogen and oxygen atoms in total. The first-order valence-corrected chi connectivity index (χ1v) is 5.84. The lowest BCUT2D eigenvalue weighted by molar-refractivity contribution is 0.0769. The van der Waals surface area contributed by atoms with E-state index in [0.29, 0.717) is 23.4 Å². The summed E-state index contributed by atoms with van der Waals surface area (Å²) in [6.07, 6.45) is 3.77. The van der Waals surface area contributed by atoms with E-state index in [2.05, 4.69) is 9.97 Å². The van der Waals surface area contributed by atoms with E-state index in [0.717, 1.165) is 19.5 Å². The summed E-state index contributed by atoms with van der Waals surface area (Å²) in [6, 6.07) is 0. The van der Waals surface area contributed by atoms with E-state index >= 15 is 0 Å². The van der Waals surface area contributed by atoms with Crippen molar-refractivity contribution in [2.45, 2.75) is 6.42 Å². The van der Waals surface area contributed by atoms with E-state index < -0.39 is 0 Å². The molecule has 1 aromatic rings. The lowest BCUT2D eigenvalue weighted by Gasteiger charge is -2.15. The van der Waals surface area contributed by atoms with Crippen molar-refractivity contribution in [3.05, 3.63) is 23.2 Å². The third-order valence-electron chi connectivity index (χ3n) is 2.81. The predicted molar refractivity (Wildman–Crippen MR) is 62.9 cm³/mol. The van der Waals surface area contributed by atoms with Crippen LogP contribution in [0.5, 0.6) is 0 Å². The largest absolute Gasteiger partial charge is 0.384 e. The van der Waals surface area contributed by atoms with E-state index in [1.54, 1.807) is 12.0 Å². The van der Waals surface area contributed by atoms with Crippen LogP contribution in [0.3, 0.4) is 0 Å². The molecule has 0 aromatic carbocycles. The molecule has 17 heavy (non-hydrogen) atoms. The predicted octanol–water partition coefficient (Wildman–Crippen LogP) is 1.24. The maximum atomic E-state index is 12.0. The van der Waals surface area contributed by atoms with Crippen molar-refractivity contribution in [1.29, 1.82) is 0 Å². The first kappa shape index (κ1) is 12.3. The summed E-state index contributed by atoms with van der Waals surface area (Å²) >= 11 is 5.63. The van der Waals surface area contributed by atoms with Crippen molar-refractivity contribution in [2.24, 2.45) is 5.92 Å². The average molecular weight is 256 g/mol. The zero-order valence-corrected chi connectivity index (χ0v) is 10.4. The third kappa shape index (κ3) is 2.92. The highest BCUT2D eigenvalue weighted by molar-refractivity contribution is 6.29. The number of hydrogen-bond acceptors (Lipinski definition) is 4. The van der Waals surface area contributed by atoms with Crippen LogP contribution in [0.25, 0.3) is 0 Å². The molecule has 1 aliphatic heterocycles. The number of halogens is 1. The van der Waals surface area contributed by atoms with Crippen molar-refractivity contribution >= 4 is 17.5 Å². The Morgan fingerprint density at radius 2 is 2.41 bits per heavy atom. The third-order valence-corrected chi connectivity index (χ3v) is 3.01. The van der Waals surface area contributed by atoms with Gasteiger partial charge in [-0.25, -0.2) is 9.97 Å². The first-order valence-electron chi connectivity index (χ1n) is 5.46. The monoisotopic (exact) mass is 255 g/mol. The van der Waals surface area contributed by atoms with Gasteiger partial charge in [-0.2, -0.15) is 0 Å². The Kier molecular flexibility index (Phi) is 3.91. The lowest BCUT2D eigenvalue weighted by atomic mass is 10.1. The second-order valence-corrected chi connectivity index (χ2v) is 4.47. The lowest BCUT2D eigenvalue weighted by Crippen LogP contribution is -2.30. The van der Waals surface area contributed by atoms with Crippen LogP contribution in [-0.4, -0.2) is 47.6 Å². The van der Waals surface area contributed by atoms with Crippen LogP contribution in [-0.2, 0) is 4.74 Å². The Hall–Kier alpha value is -1.20. The van der Waals surface area contributed by atoms with Crippen LogP contribution < -0.4 is 0 Å². The van der Waals surface area contributed by atoms with E-state index in [1.807, 2.05) is 0 Å². The molecule has 0 bridgehead atoms. The molecule has 1 aromatic heterocycles. The highest BCUT2D eigenvalue weighted by atomic mass is 35.5. The zero-order valence-electron chi connectivity index (χ0n) is 9.60. The minimum atomic E-state index is -0.0900. The molecule has 0 spiro atoms. The molecule has 6 heteroatoms. The highest BCUT2D eigenvalue weighted by Crippen LogP contribution is 2.18. The van der Waals surface area contributed by atoms with Crippen molar-refractivity contribution in [2.75, 3.05) is 26.8 Å². The van der Waals surface area contributed by atoms with Gasteiger partial charge >= 0.3 is 0 Å². The van der Waals surface area contributed by atoms with Gasteiger partial charge in [0.1, 0.15) is 10.8 Å². The minimum absolute atomic E-state index is 0.0900. The van der Waals surface area contributed by atoms with Gasteiger partial charge in [0.25, 0.3) is 5.91 Å². The molecule has 1 fully saturated rings. The summed E-state index contributed by atoms with van der Waals surface area (Å²) in [5.74, 6) is 0.331. The molecular formula is C11H14ClN3O2. The second-order valence-electron chi connectivity index (χ2n) is 4.09. The maximum Gasteiger partial charge on any atom is 0.274 e. The Labute approximate surface area is 105 Å². The van der Waals surface area contributed by atoms with E-state index in [-0.39, 0.29) is 5.91 Å². The molecule has 0 N–H and O–H groups in total. The number of hydrogen-bond donors (Lipinski definition) is 0. The topological polar surface area (TPSA) is 55.3 Å². The molecule has 1 aliphatic rings. The van der Waals surface area contributed by atoms with Crippen LogP contribution in [0.15, 0.2) is 12.4 Å². The summed E-state index contributed by atoms with van der Waals surface area (Å²) in [4.78, 5) is 21.7. The van der Waals surface area contributed by atoms with Crippen molar-refractivity contribution in [3.8, 4) is 0 Å². The Balaban J connectivity index is 1.99. The fraction of sp³-hybridized carbons (Fsp3) is 0.545. The van der Waals surface area contributed by atoms with Gasteiger partial charge in [-0.05, 0) is 6.42 Å². The maximum absolute atomic E-state index is 12.0. The van der Waals surface area contributed by atoms with Crippen LogP contribution >= 0.6 is 11.6 Å². The minimum Gasteiger partial charge on any atom is -0.384 e. The van der Waals surface area contributed by atoms with E-state index in [9.17, 15) is 4.79 Å². The van der Waals surface area contributed by atoms with Gasteiger partial charge in [0.05, 0.1) is 19.0 Å². The summed E-state index contributed by atoms with van der Waals surface area (Å²) in [5, 5.41) is 0.292. The fourth-order valence-corrected chi connectivity index (χ4v) is 2.07. The Morgan fingerprint density at radius 1 is 1.59 bits per heavy atom. The molecule has 0 radical (unpaired) electrons. The molecule has 1 unspecified atom stereocenters. The molecular weight excluding hydrogens is 242 g/mol. The molecule has 1 saturated heterocycles. The second kappa shape index (κ2) is 5.42. The molecule has 1 atom stereocenters. The Morgan fingerprint density at radius 3 is 3.06 bits per heavy atom. The smallest absolute Gasteiger partial charge is 0.274 e. The summed E-state index contributed by atoms with van der Waals surface area (Å²) in [5.41, 5.74) is 0.340. The van der Waals surface area contributed by atoms with Gasteiger partial charge in [0.2, 0.25) is 0 Å². The summed E-state index contributed by atoms with van der Waals surface area (Å²) in [6.45, 7) is 2.16. The van der Waals surface area contributed by atoms with E-state index in [4.69, 9.17) is 16.3 Å². The van der Waals surface area contributed by atoms with Crippen LogP contribution in [0.2, 0.25) is 5.15 Å². The number of amides is 1. The molecule has 0 saturated carbocycles. The van der Waals surface area contributed by atoms with Crippen molar-refractivity contribution < 1.29 is 9.53 Å². The number of likely N-dealkylation sites (tertiary alicyclic amines) is 1. The van der Waals surface area contributed by atoms with Crippen molar-refractivity contribution in [1.82, 2.24) is 14.9 Å². The summed E-state index contributed by atoms with van der Waals surface area (Å²) in [7, 11) is 1.68. The average Bonchev–Trinajstić information content (AvgIpc) is 2.78. The molecule has 0 aliphatic carbocycles. The van der Waals surface area contributed by atoms with Crippen LogP contribution in [0.1, 0.15) is 16.9 Å². The number of aromatic nitrogens is 2.